The first-order valence-corrected chi connectivity index (χ1v) is 7.49. The zero-order valence-corrected chi connectivity index (χ0v) is 14.2. The van der Waals surface area contributed by atoms with E-state index < -0.39 is 0 Å². The molecule has 1 aromatic heterocycles. The standard InChI is InChI=1S/C15H21BrN4/c1-10-6-11(2)14(13(16)7-10)20-12(9-18-19-20)8-17-15(3,4)5/h6-7,9,17H,8H2,1-5H3. The van der Waals surface area contributed by atoms with Gasteiger partial charge in [-0.1, -0.05) is 11.3 Å². The lowest BCUT2D eigenvalue weighted by atomic mass is 10.1. The van der Waals surface area contributed by atoms with Crippen molar-refractivity contribution >= 4 is 15.9 Å². The van der Waals surface area contributed by atoms with E-state index in [-0.39, 0.29) is 5.54 Å². The lowest BCUT2D eigenvalue weighted by Gasteiger charge is -2.21. The van der Waals surface area contributed by atoms with Gasteiger partial charge in [0.2, 0.25) is 0 Å². The fraction of sp³-hybridized carbons (Fsp3) is 0.467. The predicted octanol–water partition coefficient (Wildman–Crippen LogP) is 3.53. The van der Waals surface area contributed by atoms with Crippen LogP contribution >= 0.6 is 15.9 Å². The lowest BCUT2D eigenvalue weighted by molar-refractivity contribution is 0.418. The number of benzene rings is 1. The molecule has 0 saturated carbocycles. The Balaban J connectivity index is 2.38. The number of aromatic nitrogens is 3. The summed E-state index contributed by atoms with van der Waals surface area (Å²) in [5, 5.41) is 11.8. The number of rotatable bonds is 3. The molecule has 20 heavy (non-hydrogen) atoms. The van der Waals surface area contributed by atoms with Crippen molar-refractivity contribution in [1.29, 1.82) is 0 Å². The second-order valence-corrected chi connectivity index (χ2v) is 7.01. The zero-order valence-electron chi connectivity index (χ0n) is 12.7. The van der Waals surface area contributed by atoms with Gasteiger partial charge in [-0.3, -0.25) is 0 Å². The number of nitrogens with zero attached hydrogens (tertiary/aromatic N) is 3. The average molecular weight is 337 g/mol. The van der Waals surface area contributed by atoms with Gasteiger partial charge in [0.15, 0.2) is 0 Å². The van der Waals surface area contributed by atoms with E-state index in [1.165, 1.54) is 11.1 Å². The first-order chi connectivity index (χ1) is 9.28. The highest BCUT2D eigenvalue weighted by Gasteiger charge is 2.15. The van der Waals surface area contributed by atoms with E-state index in [9.17, 15) is 0 Å². The Morgan fingerprint density at radius 1 is 1.25 bits per heavy atom. The van der Waals surface area contributed by atoms with Gasteiger partial charge in [0.05, 0.1) is 17.6 Å². The van der Waals surface area contributed by atoms with Gasteiger partial charge in [0.1, 0.15) is 0 Å². The smallest absolute Gasteiger partial charge is 0.0838 e. The molecule has 0 aliphatic rings. The van der Waals surface area contributed by atoms with Crippen molar-refractivity contribution in [3.63, 3.8) is 0 Å². The highest BCUT2D eigenvalue weighted by molar-refractivity contribution is 9.10. The van der Waals surface area contributed by atoms with E-state index >= 15 is 0 Å². The van der Waals surface area contributed by atoms with Crippen LogP contribution in [0.4, 0.5) is 0 Å². The molecule has 0 atom stereocenters. The molecule has 5 heteroatoms. The molecule has 2 rings (SSSR count). The minimum absolute atomic E-state index is 0.0641. The molecule has 0 amide bonds. The van der Waals surface area contributed by atoms with Gasteiger partial charge in [-0.25, -0.2) is 4.68 Å². The van der Waals surface area contributed by atoms with Crippen LogP contribution in [-0.2, 0) is 6.54 Å². The van der Waals surface area contributed by atoms with Crippen LogP contribution in [-0.4, -0.2) is 20.5 Å². The molecule has 1 heterocycles. The van der Waals surface area contributed by atoms with Crippen molar-refractivity contribution < 1.29 is 0 Å². The molecule has 0 aliphatic carbocycles. The zero-order chi connectivity index (χ0) is 14.9. The number of halogens is 1. The van der Waals surface area contributed by atoms with Gasteiger partial charge in [0, 0.05) is 16.6 Å². The molecule has 0 aliphatic heterocycles. The van der Waals surface area contributed by atoms with Crippen molar-refractivity contribution in [3.05, 3.63) is 39.6 Å². The molecule has 0 spiro atoms. The third kappa shape index (κ3) is 3.46. The molecule has 0 radical (unpaired) electrons. The van der Waals surface area contributed by atoms with Gasteiger partial charge in [0.25, 0.3) is 0 Å². The van der Waals surface area contributed by atoms with Crippen LogP contribution in [0.15, 0.2) is 22.8 Å². The SMILES string of the molecule is Cc1cc(C)c(-n2nncc2CNC(C)(C)C)c(Br)c1. The highest BCUT2D eigenvalue weighted by atomic mass is 79.9. The number of hydrogen-bond donors (Lipinski definition) is 1. The fourth-order valence-electron chi connectivity index (χ4n) is 2.10. The summed E-state index contributed by atoms with van der Waals surface area (Å²) >= 11 is 3.64. The van der Waals surface area contributed by atoms with Crippen LogP contribution in [0.3, 0.4) is 0 Å². The van der Waals surface area contributed by atoms with Gasteiger partial charge >= 0.3 is 0 Å². The number of hydrogen-bond acceptors (Lipinski definition) is 3. The van der Waals surface area contributed by atoms with E-state index in [2.05, 4.69) is 78.3 Å². The lowest BCUT2D eigenvalue weighted by Crippen LogP contribution is -2.35. The molecule has 4 nitrogen and oxygen atoms in total. The Hall–Kier alpha value is -1.20. The van der Waals surface area contributed by atoms with Crippen LogP contribution < -0.4 is 5.32 Å². The normalized spacial score (nSPS) is 11.9. The van der Waals surface area contributed by atoms with Crippen LogP contribution in [0.5, 0.6) is 0 Å². The Labute approximate surface area is 128 Å². The minimum Gasteiger partial charge on any atom is -0.306 e. The van der Waals surface area contributed by atoms with Crippen molar-refractivity contribution in [2.75, 3.05) is 0 Å². The Bertz CT molecular complexity index is 588. The summed E-state index contributed by atoms with van der Waals surface area (Å²) < 4.78 is 2.94. The van der Waals surface area contributed by atoms with Crippen LogP contribution in [0.25, 0.3) is 5.69 Å². The quantitative estimate of drug-likeness (QED) is 0.932. The molecule has 0 bridgehead atoms. The van der Waals surface area contributed by atoms with Crippen molar-refractivity contribution in [1.82, 2.24) is 20.3 Å². The summed E-state index contributed by atoms with van der Waals surface area (Å²) in [5.74, 6) is 0. The van der Waals surface area contributed by atoms with Crippen LogP contribution in [0.1, 0.15) is 37.6 Å². The molecule has 2 aromatic rings. The molecule has 1 N–H and O–H groups in total. The monoisotopic (exact) mass is 336 g/mol. The molecule has 108 valence electrons. The maximum atomic E-state index is 4.24. The van der Waals surface area contributed by atoms with Gasteiger partial charge in [-0.2, -0.15) is 0 Å². The molecule has 1 aromatic carbocycles. The number of aryl methyl sites for hydroxylation is 2. The Kier molecular flexibility index (Phi) is 4.30. The Morgan fingerprint density at radius 2 is 1.95 bits per heavy atom. The van der Waals surface area contributed by atoms with E-state index in [0.29, 0.717) is 0 Å². The molecule has 0 saturated heterocycles. The van der Waals surface area contributed by atoms with Crippen LogP contribution in [0, 0.1) is 13.8 Å². The van der Waals surface area contributed by atoms with E-state index in [4.69, 9.17) is 0 Å². The number of nitrogens with one attached hydrogen (secondary N) is 1. The van der Waals surface area contributed by atoms with Gasteiger partial charge < -0.3 is 5.32 Å². The van der Waals surface area contributed by atoms with E-state index in [1.807, 2.05) is 10.9 Å². The maximum absolute atomic E-state index is 4.24. The third-order valence-corrected chi connectivity index (χ3v) is 3.63. The first kappa shape index (κ1) is 15.2. The van der Waals surface area contributed by atoms with E-state index in [0.717, 1.165) is 22.4 Å². The van der Waals surface area contributed by atoms with Crippen molar-refractivity contribution in [2.24, 2.45) is 0 Å². The molecule has 0 fully saturated rings. The molecular formula is C15H21BrN4. The minimum atomic E-state index is 0.0641. The summed E-state index contributed by atoms with van der Waals surface area (Å²) in [5.41, 5.74) is 4.58. The maximum Gasteiger partial charge on any atom is 0.0838 e. The summed E-state index contributed by atoms with van der Waals surface area (Å²) in [6, 6.07) is 4.26. The predicted molar refractivity (Wildman–Crippen MR) is 85.1 cm³/mol. The molecular weight excluding hydrogens is 316 g/mol. The second-order valence-electron chi connectivity index (χ2n) is 6.15. The second kappa shape index (κ2) is 5.66. The average Bonchev–Trinajstić information content (AvgIpc) is 2.72. The largest absolute Gasteiger partial charge is 0.306 e. The van der Waals surface area contributed by atoms with Crippen LogP contribution in [0.2, 0.25) is 0 Å². The van der Waals surface area contributed by atoms with Crippen molar-refractivity contribution in [3.8, 4) is 5.69 Å². The first-order valence-electron chi connectivity index (χ1n) is 6.69. The van der Waals surface area contributed by atoms with Crippen molar-refractivity contribution in [2.45, 2.75) is 46.7 Å². The molecule has 0 unspecified atom stereocenters. The third-order valence-electron chi connectivity index (χ3n) is 3.03. The summed E-state index contributed by atoms with van der Waals surface area (Å²) in [7, 11) is 0. The summed E-state index contributed by atoms with van der Waals surface area (Å²) in [6.45, 7) is 11.4. The summed E-state index contributed by atoms with van der Waals surface area (Å²) in [6.07, 6.45) is 1.81. The topological polar surface area (TPSA) is 42.7 Å². The fourth-order valence-corrected chi connectivity index (χ4v) is 2.94. The van der Waals surface area contributed by atoms with Gasteiger partial charge in [-0.15, -0.1) is 5.10 Å². The Morgan fingerprint density at radius 3 is 2.55 bits per heavy atom. The van der Waals surface area contributed by atoms with Gasteiger partial charge in [-0.05, 0) is 67.7 Å². The van der Waals surface area contributed by atoms with E-state index in [1.54, 1.807) is 0 Å². The highest BCUT2D eigenvalue weighted by Crippen LogP contribution is 2.26. The summed E-state index contributed by atoms with van der Waals surface area (Å²) in [4.78, 5) is 0.